The Bertz CT molecular complexity index is 940. The third-order valence-corrected chi connectivity index (χ3v) is 6.65. The number of rotatable bonds is 6. The number of hydrogen-bond donors (Lipinski definition) is 1. The van der Waals surface area contributed by atoms with Crippen LogP contribution in [0.3, 0.4) is 0 Å². The summed E-state index contributed by atoms with van der Waals surface area (Å²) in [4.78, 5) is 27.9. The van der Waals surface area contributed by atoms with Crippen LogP contribution in [0.4, 0.5) is 4.39 Å². The summed E-state index contributed by atoms with van der Waals surface area (Å²) >= 11 is 0. The molecule has 2 fully saturated rings. The number of carbonyl (C=O) groups excluding carboxylic acids is 2. The third kappa shape index (κ3) is 3.85. The Labute approximate surface area is 177 Å². The van der Waals surface area contributed by atoms with Crippen molar-refractivity contribution in [2.75, 3.05) is 19.6 Å². The lowest BCUT2D eigenvalue weighted by Crippen LogP contribution is -2.46. The first-order valence-electron chi connectivity index (χ1n) is 10.9. The molecule has 1 unspecified atom stereocenters. The van der Waals surface area contributed by atoms with E-state index in [2.05, 4.69) is 5.32 Å². The molecule has 0 spiro atoms. The van der Waals surface area contributed by atoms with Gasteiger partial charge in [-0.2, -0.15) is 0 Å². The van der Waals surface area contributed by atoms with Gasteiger partial charge in [-0.3, -0.25) is 9.59 Å². The van der Waals surface area contributed by atoms with Crippen molar-refractivity contribution in [2.24, 2.45) is 11.3 Å². The first-order chi connectivity index (χ1) is 14.5. The molecule has 1 atom stereocenters. The minimum atomic E-state index is -0.684. The molecule has 30 heavy (non-hydrogen) atoms. The highest BCUT2D eigenvalue weighted by atomic mass is 19.1. The highest BCUT2D eigenvalue weighted by Gasteiger charge is 2.47. The van der Waals surface area contributed by atoms with E-state index in [-0.39, 0.29) is 23.5 Å². The topological polar surface area (TPSA) is 49.4 Å². The summed E-state index contributed by atoms with van der Waals surface area (Å²) in [5.41, 5.74) is 1.60. The fourth-order valence-electron chi connectivity index (χ4n) is 4.71. The molecule has 4 rings (SSSR count). The largest absolute Gasteiger partial charge is 0.356 e. The van der Waals surface area contributed by atoms with Crippen LogP contribution >= 0.6 is 0 Å². The second-order valence-electron chi connectivity index (χ2n) is 8.59. The van der Waals surface area contributed by atoms with E-state index < -0.39 is 5.41 Å². The number of nitrogens with one attached hydrogen (secondary N) is 1. The SMILES string of the molecule is CCNC(=O)C1(Cc2ccccc2-c2ccccc2F)CCN(C(=O)C2CCC2)C1. The molecule has 1 saturated heterocycles. The van der Waals surface area contributed by atoms with Crippen LogP contribution in [0, 0.1) is 17.2 Å². The summed E-state index contributed by atoms with van der Waals surface area (Å²) in [6.07, 6.45) is 4.14. The number of carbonyl (C=O) groups is 2. The molecule has 1 aliphatic carbocycles. The van der Waals surface area contributed by atoms with Gasteiger partial charge in [0.1, 0.15) is 5.82 Å². The molecule has 0 aromatic heterocycles. The van der Waals surface area contributed by atoms with E-state index in [1.807, 2.05) is 42.2 Å². The van der Waals surface area contributed by atoms with Crippen molar-refractivity contribution in [3.05, 3.63) is 59.9 Å². The smallest absolute Gasteiger partial charge is 0.228 e. The Morgan fingerprint density at radius 2 is 1.80 bits per heavy atom. The van der Waals surface area contributed by atoms with Crippen molar-refractivity contribution in [1.29, 1.82) is 0 Å². The normalized spacial score (nSPS) is 21.3. The predicted octanol–water partition coefficient (Wildman–Crippen LogP) is 4.19. The summed E-state index contributed by atoms with van der Waals surface area (Å²) in [6.45, 7) is 3.49. The van der Waals surface area contributed by atoms with Crippen LogP contribution < -0.4 is 5.32 Å². The zero-order valence-corrected chi connectivity index (χ0v) is 17.5. The minimum absolute atomic E-state index is 0.0164. The van der Waals surface area contributed by atoms with Crippen LogP contribution in [0.1, 0.15) is 38.2 Å². The zero-order valence-electron chi connectivity index (χ0n) is 17.5. The summed E-state index contributed by atoms with van der Waals surface area (Å²) < 4.78 is 14.5. The average molecular weight is 409 g/mol. The van der Waals surface area contributed by atoms with Crippen LogP contribution in [0.5, 0.6) is 0 Å². The average Bonchev–Trinajstić information content (AvgIpc) is 3.13. The van der Waals surface area contributed by atoms with Gasteiger partial charge in [0, 0.05) is 31.1 Å². The Morgan fingerprint density at radius 3 is 2.47 bits per heavy atom. The van der Waals surface area contributed by atoms with Gasteiger partial charge in [0.2, 0.25) is 11.8 Å². The molecule has 1 aliphatic heterocycles. The van der Waals surface area contributed by atoms with Gasteiger partial charge in [0.25, 0.3) is 0 Å². The van der Waals surface area contributed by atoms with Gasteiger partial charge in [-0.1, -0.05) is 48.9 Å². The second-order valence-corrected chi connectivity index (χ2v) is 8.59. The van der Waals surface area contributed by atoms with Crippen LogP contribution in [0.25, 0.3) is 11.1 Å². The molecular weight excluding hydrogens is 379 g/mol. The molecule has 5 heteroatoms. The maximum atomic E-state index is 14.5. The van der Waals surface area contributed by atoms with E-state index in [9.17, 15) is 14.0 Å². The quantitative estimate of drug-likeness (QED) is 0.779. The first kappa shape index (κ1) is 20.6. The maximum Gasteiger partial charge on any atom is 0.228 e. The Balaban J connectivity index is 1.65. The highest BCUT2D eigenvalue weighted by molar-refractivity contribution is 5.87. The molecule has 2 aliphatic rings. The molecule has 4 nitrogen and oxygen atoms in total. The third-order valence-electron chi connectivity index (χ3n) is 6.65. The highest BCUT2D eigenvalue weighted by Crippen LogP contribution is 2.40. The predicted molar refractivity (Wildman–Crippen MR) is 115 cm³/mol. The van der Waals surface area contributed by atoms with Gasteiger partial charge >= 0.3 is 0 Å². The molecule has 158 valence electrons. The molecule has 0 bridgehead atoms. The van der Waals surface area contributed by atoms with Crippen molar-refractivity contribution < 1.29 is 14.0 Å². The van der Waals surface area contributed by atoms with Crippen LogP contribution in [0.2, 0.25) is 0 Å². The molecule has 1 saturated carbocycles. The molecule has 1 N–H and O–H groups in total. The Hall–Kier alpha value is -2.69. The van der Waals surface area contributed by atoms with E-state index in [0.717, 1.165) is 30.4 Å². The molecule has 1 heterocycles. The Kier molecular flexibility index (Phi) is 5.89. The van der Waals surface area contributed by atoms with Crippen molar-refractivity contribution in [1.82, 2.24) is 10.2 Å². The van der Waals surface area contributed by atoms with Gasteiger partial charge in [0.05, 0.1) is 5.41 Å². The monoisotopic (exact) mass is 408 g/mol. The van der Waals surface area contributed by atoms with E-state index >= 15 is 0 Å². The molecule has 2 aromatic carbocycles. The first-order valence-corrected chi connectivity index (χ1v) is 10.9. The van der Waals surface area contributed by atoms with E-state index in [4.69, 9.17) is 0 Å². The Morgan fingerprint density at radius 1 is 1.10 bits per heavy atom. The molecular formula is C25H29FN2O2. The standard InChI is InChI=1S/C25H29FN2O2/c1-2-27-24(30)25(14-15-28(17-25)23(29)18-9-7-10-18)16-19-8-3-4-11-20(19)21-12-5-6-13-22(21)26/h3-6,8,11-13,18H,2,7,9-10,14-17H2,1H3,(H,27,30). The van der Waals surface area contributed by atoms with Gasteiger partial charge in [0.15, 0.2) is 0 Å². The van der Waals surface area contributed by atoms with Gasteiger partial charge in [-0.05, 0) is 49.8 Å². The lowest BCUT2D eigenvalue weighted by molar-refractivity contribution is -0.138. The molecule has 2 aromatic rings. The lowest BCUT2D eigenvalue weighted by atomic mass is 9.78. The second kappa shape index (κ2) is 8.58. The van der Waals surface area contributed by atoms with Crippen molar-refractivity contribution in [3.8, 4) is 11.1 Å². The zero-order chi connectivity index (χ0) is 21.1. The summed E-state index contributed by atoms with van der Waals surface area (Å²) in [6, 6.07) is 14.4. The van der Waals surface area contributed by atoms with Crippen LogP contribution in [-0.2, 0) is 16.0 Å². The number of halogens is 1. The van der Waals surface area contributed by atoms with Crippen molar-refractivity contribution in [3.63, 3.8) is 0 Å². The number of hydrogen-bond acceptors (Lipinski definition) is 2. The minimum Gasteiger partial charge on any atom is -0.356 e. The van der Waals surface area contributed by atoms with Crippen molar-refractivity contribution >= 4 is 11.8 Å². The lowest BCUT2D eigenvalue weighted by Gasteiger charge is -2.32. The van der Waals surface area contributed by atoms with E-state index in [1.165, 1.54) is 6.07 Å². The van der Waals surface area contributed by atoms with Crippen LogP contribution in [-0.4, -0.2) is 36.3 Å². The number of benzene rings is 2. The summed E-state index contributed by atoms with van der Waals surface area (Å²) in [7, 11) is 0. The van der Waals surface area contributed by atoms with Crippen molar-refractivity contribution in [2.45, 2.75) is 39.0 Å². The molecule has 2 amide bonds. The number of amides is 2. The number of likely N-dealkylation sites (tertiary alicyclic amines) is 1. The van der Waals surface area contributed by atoms with E-state index in [0.29, 0.717) is 38.0 Å². The fraction of sp³-hybridized carbons (Fsp3) is 0.440. The number of nitrogens with zero attached hydrogens (tertiary/aromatic N) is 1. The molecule has 0 radical (unpaired) electrons. The van der Waals surface area contributed by atoms with Gasteiger partial charge < -0.3 is 10.2 Å². The van der Waals surface area contributed by atoms with Gasteiger partial charge in [-0.15, -0.1) is 0 Å². The van der Waals surface area contributed by atoms with E-state index in [1.54, 1.807) is 12.1 Å². The fourth-order valence-corrected chi connectivity index (χ4v) is 4.71. The summed E-state index contributed by atoms with van der Waals surface area (Å²) in [5, 5.41) is 2.98. The van der Waals surface area contributed by atoms with Gasteiger partial charge in [-0.25, -0.2) is 4.39 Å². The summed E-state index contributed by atoms with van der Waals surface area (Å²) in [5.74, 6) is 0.0259. The van der Waals surface area contributed by atoms with Crippen LogP contribution in [0.15, 0.2) is 48.5 Å². The maximum absolute atomic E-state index is 14.5.